The molecule has 26 heavy (non-hydrogen) atoms. The van der Waals surface area contributed by atoms with E-state index in [0.29, 0.717) is 24.7 Å². The number of fused-ring (bicyclic) bond motifs is 1. The first-order chi connectivity index (χ1) is 12.7. The van der Waals surface area contributed by atoms with Crippen molar-refractivity contribution in [2.24, 2.45) is 5.73 Å². The van der Waals surface area contributed by atoms with Gasteiger partial charge in [0.1, 0.15) is 5.75 Å². The maximum atomic E-state index is 6.18. The number of hydrogen-bond donors (Lipinski definition) is 1. The number of benzene rings is 2. The number of hydrogen-bond acceptors (Lipinski definition) is 5. The molecular formula is C21H23N3O2. The zero-order valence-electron chi connectivity index (χ0n) is 15.2. The number of ether oxygens (including phenoxy) is 1. The molecule has 0 saturated carbocycles. The van der Waals surface area contributed by atoms with Crippen LogP contribution in [0.25, 0.3) is 11.4 Å². The zero-order chi connectivity index (χ0) is 18.1. The second-order valence-electron chi connectivity index (χ2n) is 6.74. The third-order valence-electron chi connectivity index (χ3n) is 4.93. The molecule has 0 saturated heterocycles. The van der Waals surface area contributed by atoms with Gasteiger partial charge in [-0.05, 0) is 55.0 Å². The third kappa shape index (κ3) is 3.10. The molecule has 1 aromatic heterocycles. The van der Waals surface area contributed by atoms with Crippen molar-refractivity contribution in [1.82, 2.24) is 10.1 Å². The highest BCUT2D eigenvalue weighted by Crippen LogP contribution is 2.35. The van der Waals surface area contributed by atoms with Gasteiger partial charge in [-0.2, -0.15) is 4.98 Å². The van der Waals surface area contributed by atoms with Crippen LogP contribution in [0.1, 0.15) is 47.5 Å². The second-order valence-corrected chi connectivity index (χ2v) is 6.74. The van der Waals surface area contributed by atoms with Crippen LogP contribution >= 0.6 is 0 Å². The fraction of sp³-hybridized carbons (Fsp3) is 0.333. The van der Waals surface area contributed by atoms with Crippen LogP contribution in [-0.2, 0) is 12.8 Å². The number of aromatic nitrogens is 2. The van der Waals surface area contributed by atoms with Gasteiger partial charge in [-0.25, -0.2) is 0 Å². The molecule has 4 rings (SSSR count). The molecule has 1 heterocycles. The van der Waals surface area contributed by atoms with Crippen molar-refractivity contribution in [2.45, 2.75) is 39.2 Å². The van der Waals surface area contributed by atoms with E-state index in [-0.39, 0.29) is 6.04 Å². The normalized spacial score (nSPS) is 15.9. The molecule has 0 radical (unpaired) electrons. The largest absolute Gasteiger partial charge is 0.494 e. The molecule has 5 heteroatoms. The maximum Gasteiger partial charge on any atom is 0.231 e. The molecule has 0 aliphatic heterocycles. The van der Waals surface area contributed by atoms with E-state index < -0.39 is 0 Å². The molecule has 1 atom stereocenters. The Morgan fingerprint density at radius 3 is 3.00 bits per heavy atom. The molecule has 1 aliphatic rings. The summed E-state index contributed by atoms with van der Waals surface area (Å²) < 4.78 is 11.2. The number of nitrogens with two attached hydrogens (primary N) is 1. The van der Waals surface area contributed by atoms with Gasteiger partial charge >= 0.3 is 0 Å². The van der Waals surface area contributed by atoms with E-state index in [0.717, 1.165) is 35.3 Å². The van der Waals surface area contributed by atoms with Crippen LogP contribution < -0.4 is 10.5 Å². The summed E-state index contributed by atoms with van der Waals surface area (Å²) in [6.07, 6.45) is 2.52. The Morgan fingerprint density at radius 2 is 2.15 bits per heavy atom. The Morgan fingerprint density at radius 1 is 1.27 bits per heavy atom. The monoisotopic (exact) mass is 349 g/mol. The first-order valence-electron chi connectivity index (χ1n) is 9.08. The minimum Gasteiger partial charge on any atom is -0.494 e. The van der Waals surface area contributed by atoms with E-state index in [2.05, 4.69) is 28.3 Å². The quantitative estimate of drug-likeness (QED) is 0.754. The van der Waals surface area contributed by atoms with Crippen molar-refractivity contribution in [2.75, 3.05) is 6.61 Å². The molecule has 0 bridgehead atoms. The van der Waals surface area contributed by atoms with Crippen LogP contribution in [0.15, 0.2) is 40.9 Å². The van der Waals surface area contributed by atoms with Crippen molar-refractivity contribution >= 4 is 0 Å². The minimum atomic E-state index is 0.112. The van der Waals surface area contributed by atoms with E-state index in [9.17, 15) is 0 Å². The molecule has 0 unspecified atom stereocenters. The second kappa shape index (κ2) is 6.92. The fourth-order valence-electron chi connectivity index (χ4n) is 3.57. The molecule has 134 valence electrons. The van der Waals surface area contributed by atoms with Gasteiger partial charge < -0.3 is 15.0 Å². The Balaban J connectivity index is 1.59. The lowest BCUT2D eigenvalue weighted by molar-refractivity contribution is 0.337. The van der Waals surface area contributed by atoms with E-state index in [1.54, 1.807) is 0 Å². The molecule has 2 aromatic carbocycles. The molecule has 0 fully saturated rings. The molecule has 0 amide bonds. The molecule has 5 nitrogen and oxygen atoms in total. The summed E-state index contributed by atoms with van der Waals surface area (Å²) in [6.45, 7) is 4.68. The first-order valence-corrected chi connectivity index (χ1v) is 9.08. The SMILES string of the molecule is CCOc1cc(Cc2nc(-c3cccc4c3CC[C@H]4N)no2)ccc1C. The number of nitrogens with zero attached hydrogens (tertiary/aromatic N) is 2. The van der Waals surface area contributed by atoms with Crippen molar-refractivity contribution in [3.8, 4) is 17.1 Å². The van der Waals surface area contributed by atoms with Crippen LogP contribution in [0, 0.1) is 6.92 Å². The summed E-state index contributed by atoms with van der Waals surface area (Å²) in [5.74, 6) is 2.15. The van der Waals surface area contributed by atoms with Gasteiger partial charge in [0, 0.05) is 11.6 Å². The summed E-state index contributed by atoms with van der Waals surface area (Å²) in [5, 5.41) is 4.20. The van der Waals surface area contributed by atoms with Crippen molar-refractivity contribution in [1.29, 1.82) is 0 Å². The smallest absolute Gasteiger partial charge is 0.231 e. The van der Waals surface area contributed by atoms with E-state index in [1.165, 1.54) is 11.1 Å². The highest BCUT2D eigenvalue weighted by atomic mass is 16.5. The highest BCUT2D eigenvalue weighted by Gasteiger charge is 2.23. The van der Waals surface area contributed by atoms with Gasteiger partial charge in [-0.1, -0.05) is 35.5 Å². The average molecular weight is 349 g/mol. The highest BCUT2D eigenvalue weighted by molar-refractivity contribution is 5.63. The van der Waals surface area contributed by atoms with E-state index in [1.807, 2.05) is 32.0 Å². The van der Waals surface area contributed by atoms with Crippen LogP contribution in [-0.4, -0.2) is 16.7 Å². The predicted octanol–water partition coefficient (Wildman–Crippen LogP) is 3.98. The van der Waals surface area contributed by atoms with Gasteiger partial charge in [0.25, 0.3) is 0 Å². The van der Waals surface area contributed by atoms with E-state index >= 15 is 0 Å². The molecule has 0 spiro atoms. The van der Waals surface area contributed by atoms with Crippen molar-refractivity contribution in [3.05, 3.63) is 64.5 Å². The summed E-state index contributed by atoms with van der Waals surface area (Å²) in [4.78, 5) is 4.62. The first kappa shape index (κ1) is 16.8. The summed E-state index contributed by atoms with van der Waals surface area (Å²) in [5.41, 5.74) is 11.9. The topological polar surface area (TPSA) is 74.2 Å². The Bertz CT molecular complexity index is 933. The maximum absolute atomic E-state index is 6.18. The lowest BCUT2D eigenvalue weighted by Gasteiger charge is -2.08. The van der Waals surface area contributed by atoms with Crippen molar-refractivity contribution in [3.63, 3.8) is 0 Å². The molecule has 1 aliphatic carbocycles. The van der Waals surface area contributed by atoms with Gasteiger partial charge in [-0.15, -0.1) is 0 Å². The van der Waals surface area contributed by atoms with Crippen LogP contribution in [0.5, 0.6) is 5.75 Å². The van der Waals surface area contributed by atoms with E-state index in [4.69, 9.17) is 15.0 Å². The fourth-order valence-corrected chi connectivity index (χ4v) is 3.57. The van der Waals surface area contributed by atoms with Gasteiger partial charge in [0.2, 0.25) is 11.7 Å². The predicted molar refractivity (Wildman–Crippen MR) is 100 cm³/mol. The zero-order valence-corrected chi connectivity index (χ0v) is 15.2. The standard InChI is InChI=1S/C21H23N3O2/c1-3-25-19-11-14(8-7-13(19)2)12-20-23-21(24-26-20)17-6-4-5-16-15(17)9-10-18(16)22/h4-8,11,18H,3,9-10,12,22H2,1-2H3/t18-/m1/s1. The Kier molecular flexibility index (Phi) is 4.47. The van der Waals surface area contributed by atoms with Crippen molar-refractivity contribution < 1.29 is 9.26 Å². The minimum absolute atomic E-state index is 0.112. The summed E-state index contributed by atoms with van der Waals surface area (Å²) in [7, 11) is 0. The van der Waals surface area contributed by atoms with Crippen LogP contribution in [0.3, 0.4) is 0 Å². The number of aryl methyl sites for hydroxylation is 1. The van der Waals surface area contributed by atoms with Crippen LogP contribution in [0.4, 0.5) is 0 Å². The Labute approximate surface area is 153 Å². The molecule has 3 aromatic rings. The summed E-state index contributed by atoms with van der Waals surface area (Å²) in [6, 6.07) is 12.4. The molecule has 2 N–H and O–H groups in total. The Hall–Kier alpha value is -2.66. The van der Waals surface area contributed by atoms with Gasteiger partial charge in [0.15, 0.2) is 0 Å². The molecular weight excluding hydrogens is 326 g/mol. The van der Waals surface area contributed by atoms with Gasteiger partial charge in [0.05, 0.1) is 13.0 Å². The van der Waals surface area contributed by atoms with Gasteiger partial charge in [-0.3, -0.25) is 0 Å². The summed E-state index contributed by atoms with van der Waals surface area (Å²) >= 11 is 0. The average Bonchev–Trinajstić information content (AvgIpc) is 3.25. The number of rotatable bonds is 5. The van der Waals surface area contributed by atoms with Crippen LogP contribution in [0.2, 0.25) is 0 Å². The lowest BCUT2D eigenvalue weighted by atomic mass is 10.0. The lowest BCUT2D eigenvalue weighted by Crippen LogP contribution is -2.05. The third-order valence-corrected chi connectivity index (χ3v) is 4.93.